The molecule has 12 heteroatoms. The van der Waals surface area contributed by atoms with Crippen LogP contribution in [0, 0.1) is 0 Å². The SMILES string of the molecule is CCc1nsc(N2CCN(C(=NC)NCCCN(CC)S(C)(=O)=O)CC2)n1.I. The molecule has 2 rings (SSSR count). The molecule has 1 aliphatic heterocycles. The van der Waals surface area contributed by atoms with Gasteiger partial charge in [-0.25, -0.2) is 17.7 Å². The van der Waals surface area contributed by atoms with Gasteiger partial charge >= 0.3 is 0 Å². The fourth-order valence-electron chi connectivity index (χ4n) is 2.97. The number of aryl methyl sites for hydroxylation is 1. The van der Waals surface area contributed by atoms with Crippen LogP contribution in [0.2, 0.25) is 0 Å². The van der Waals surface area contributed by atoms with Crippen molar-refractivity contribution in [1.29, 1.82) is 0 Å². The molecule has 0 aliphatic carbocycles. The molecule has 9 nitrogen and oxygen atoms in total. The maximum absolute atomic E-state index is 11.6. The second-order valence-corrected chi connectivity index (χ2v) is 9.12. The summed E-state index contributed by atoms with van der Waals surface area (Å²) >= 11 is 1.47. The summed E-state index contributed by atoms with van der Waals surface area (Å²) in [5.41, 5.74) is 0. The molecule has 0 bridgehead atoms. The van der Waals surface area contributed by atoms with E-state index >= 15 is 0 Å². The molecule has 1 N–H and O–H groups in total. The van der Waals surface area contributed by atoms with E-state index in [-0.39, 0.29) is 24.0 Å². The first kappa shape index (κ1) is 25.3. The molecule has 0 amide bonds. The van der Waals surface area contributed by atoms with Gasteiger partial charge in [0.15, 0.2) is 5.96 Å². The second-order valence-electron chi connectivity index (χ2n) is 6.40. The summed E-state index contributed by atoms with van der Waals surface area (Å²) in [5, 5.41) is 4.34. The number of halogens is 1. The first-order valence-corrected chi connectivity index (χ1v) is 12.0. The molecule has 1 aromatic rings. The van der Waals surface area contributed by atoms with Gasteiger partial charge in [-0.05, 0) is 6.42 Å². The average Bonchev–Trinajstić information content (AvgIpc) is 3.13. The highest BCUT2D eigenvalue weighted by molar-refractivity contribution is 14.0. The third-order valence-corrected chi connectivity index (χ3v) is 6.72. The van der Waals surface area contributed by atoms with Crippen LogP contribution in [0.5, 0.6) is 0 Å². The van der Waals surface area contributed by atoms with Crippen molar-refractivity contribution in [3.05, 3.63) is 5.82 Å². The minimum Gasteiger partial charge on any atom is -0.356 e. The van der Waals surface area contributed by atoms with Gasteiger partial charge in [-0.3, -0.25) is 4.99 Å². The number of anilines is 1. The van der Waals surface area contributed by atoms with Crippen molar-refractivity contribution in [2.45, 2.75) is 26.7 Å². The Hall–Kier alpha value is -0.730. The Morgan fingerprint density at radius 2 is 1.96 bits per heavy atom. The molecule has 0 unspecified atom stereocenters. The Labute approximate surface area is 189 Å². The number of hydrogen-bond acceptors (Lipinski definition) is 7. The van der Waals surface area contributed by atoms with Crippen LogP contribution >= 0.6 is 35.5 Å². The number of sulfonamides is 1. The molecule has 0 spiro atoms. The summed E-state index contributed by atoms with van der Waals surface area (Å²) in [5.74, 6) is 1.77. The highest BCUT2D eigenvalue weighted by atomic mass is 127. The number of nitrogens with one attached hydrogen (secondary N) is 1. The lowest BCUT2D eigenvalue weighted by molar-refractivity contribution is 0.369. The van der Waals surface area contributed by atoms with E-state index in [0.717, 1.165) is 55.9 Å². The van der Waals surface area contributed by atoms with E-state index in [2.05, 4.69) is 36.4 Å². The molecule has 162 valence electrons. The molecular weight excluding hydrogens is 513 g/mol. The molecular formula is C16H32IN7O2S2. The summed E-state index contributed by atoms with van der Waals surface area (Å²) < 4.78 is 29.1. The highest BCUT2D eigenvalue weighted by Gasteiger charge is 2.22. The molecule has 1 aromatic heterocycles. The van der Waals surface area contributed by atoms with E-state index in [1.807, 2.05) is 6.92 Å². The Morgan fingerprint density at radius 1 is 1.29 bits per heavy atom. The molecule has 1 saturated heterocycles. The van der Waals surface area contributed by atoms with E-state index < -0.39 is 10.0 Å². The van der Waals surface area contributed by atoms with E-state index in [4.69, 9.17) is 0 Å². The highest BCUT2D eigenvalue weighted by Crippen LogP contribution is 2.19. The maximum Gasteiger partial charge on any atom is 0.211 e. The van der Waals surface area contributed by atoms with Crippen molar-refractivity contribution in [3.63, 3.8) is 0 Å². The van der Waals surface area contributed by atoms with Crippen LogP contribution < -0.4 is 10.2 Å². The predicted octanol–water partition coefficient (Wildman–Crippen LogP) is 1.09. The summed E-state index contributed by atoms with van der Waals surface area (Å²) in [4.78, 5) is 13.4. The third kappa shape index (κ3) is 7.26. The molecule has 2 heterocycles. The van der Waals surface area contributed by atoms with Gasteiger partial charge in [-0.15, -0.1) is 24.0 Å². The Morgan fingerprint density at radius 3 is 2.46 bits per heavy atom. The quantitative estimate of drug-likeness (QED) is 0.226. The monoisotopic (exact) mass is 545 g/mol. The molecule has 0 radical (unpaired) electrons. The third-order valence-electron chi connectivity index (χ3n) is 4.52. The van der Waals surface area contributed by atoms with Gasteiger partial charge in [-0.1, -0.05) is 13.8 Å². The average molecular weight is 546 g/mol. The first-order valence-electron chi connectivity index (χ1n) is 9.37. The van der Waals surface area contributed by atoms with Gasteiger partial charge in [0.25, 0.3) is 0 Å². The van der Waals surface area contributed by atoms with Crippen molar-refractivity contribution in [1.82, 2.24) is 23.9 Å². The summed E-state index contributed by atoms with van der Waals surface area (Å²) in [6.45, 7) is 9.13. The number of guanidine groups is 1. The topological polar surface area (TPSA) is 94.0 Å². The van der Waals surface area contributed by atoms with Crippen LogP contribution in [0.15, 0.2) is 4.99 Å². The predicted molar refractivity (Wildman–Crippen MR) is 127 cm³/mol. The fourth-order valence-corrected chi connectivity index (χ4v) is 4.70. The van der Waals surface area contributed by atoms with E-state index in [9.17, 15) is 8.42 Å². The first-order chi connectivity index (χ1) is 12.9. The van der Waals surface area contributed by atoms with Crippen LogP contribution in [0.1, 0.15) is 26.1 Å². The number of aliphatic imine (C=N–C) groups is 1. The lowest BCUT2D eigenvalue weighted by atomic mass is 10.3. The van der Waals surface area contributed by atoms with E-state index in [1.165, 1.54) is 22.1 Å². The van der Waals surface area contributed by atoms with Crippen molar-refractivity contribution >= 4 is 56.6 Å². The van der Waals surface area contributed by atoms with Crippen LogP contribution in [0.4, 0.5) is 5.13 Å². The number of nitrogens with zero attached hydrogens (tertiary/aromatic N) is 6. The lowest BCUT2D eigenvalue weighted by Crippen LogP contribution is -2.52. The van der Waals surface area contributed by atoms with Crippen molar-refractivity contribution in [2.24, 2.45) is 4.99 Å². The zero-order valence-corrected chi connectivity index (χ0v) is 21.1. The van der Waals surface area contributed by atoms with Gasteiger partial charge in [0, 0.05) is 70.8 Å². The summed E-state index contributed by atoms with van der Waals surface area (Å²) in [6.07, 6.45) is 2.86. The summed E-state index contributed by atoms with van der Waals surface area (Å²) in [6, 6.07) is 0. The maximum atomic E-state index is 11.6. The van der Waals surface area contributed by atoms with Crippen LogP contribution in [-0.4, -0.2) is 92.1 Å². The molecule has 0 saturated carbocycles. The van der Waals surface area contributed by atoms with Crippen molar-refractivity contribution in [3.8, 4) is 0 Å². The van der Waals surface area contributed by atoms with Gasteiger partial charge in [-0.2, -0.15) is 4.37 Å². The number of piperazine rings is 1. The molecule has 0 aromatic carbocycles. The Kier molecular flexibility index (Phi) is 10.9. The van der Waals surface area contributed by atoms with Crippen LogP contribution in [0.3, 0.4) is 0 Å². The number of rotatable bonds is 8. The van der Waals surface area contributed by atoms with Crippen LogP contribution in [-0.2, 0) is 16.4 Å². The molecule has 1 aliphatic rings. The molecule has 28 heavy (non-hydrogen) atoms. The minimum absolute atomic E-state index is 0. The zero-order chi connectivity index (χ0) is 19.9. The molecule has 1 fully saturated rings. The van der Waals surface area contributed by atoms with Gasteiger partial charge < -0.3 is 15.1 Å². The lowest BCUT2D eigenvalue weighted by Gasteiger charge is -2.36. The zero-order valence-electron chi connectivity index (χ0n) is 17.1. The fraction of sp³-hybridized carbons (Fsp3) is 0.812. The number of hydrogen-bond donors (Lipinski definition) is 1. The van der Waals surface area contributed by atoms with Gasteiger partial charge in [0.05, 0.1) is 6.26 Å². The minimum atomic E-state index is -3.13. The van der Waals surface area contributed by atoms with E-state index in [0.29, 0.717) is 19.6 Å². The Balaban J connectivity index is 0.00000392. The van der Waals surface area contributed by atoms with E-state index in [1.54, 1.807) is 7.05 Å². The van der Waals surface area contributed by atoms with Gasteiger partial charge in [0.1, 0.15) is 5.82 Å². The standard InChI is InChI=1S/C16H31N7O2S2.HI/c1-5-14-19-16(26-20-14)22-12-10-21(11-13-22)15(17-3)18-8-7-9-23(6-2)27(4,24)25;/h5-13H2,1-4H3,(H,17,18);1H. The largest absolute Gasteiger partial charge is 0.356 e. The smallest absolute Gasteiger partial charge is 0.211 e. The summed E-state index contributed by atoms with van der Waals surface area (Å²) in [7, 11) is -1.35. The normalized spacial score (nSPS) is 15.7. The van der Waals surface area contributed by atoms with Crippen LogP contribution in [0.25, 0.3) is 0 Å². The number of aromatic nitrogens is 2. The van der Waals surface area contributed by atoms with Crippen molar-refractivity contribution < 1.29 is 8.42 Å². The molecule has 0 atom stereocenters. The van der Waals surface area contributed by atoms with Gasteiger partial charge in [0.2, 0.25) is 15.2 Å². The second kappa shape index (κ2) is 12.1. The van der Waals surface area contributed by atoms with Crippen molar-refractivity contribution in [2.75, 3.05) is 64.0 Å². The Bertz CT molecular complexity index is 718.